The molecule has 3 rings (SSSR count). The van der Waals surface area contributed by atoms with Gasteiger partial charge < -0.3 is 0 Å². The summed E-state index contributed by atoms with van der Waals surface area (Å²) in [5.74, 6) is -0.526. The summed E-state index contributed by atoms with van der Waals surface area (Å²) in [4.78, 5) is 21.8. The van der Waals surface area contributed by atoms with Crippen LogP contribution in [0.4, 0.5) is 9.52 Å². The van der Waals surface area contributed by atoms with Gasteiger partial charge in [0.1, 0.15) is 5.82 Å². The van der Waals surface area contributed by atoms with Crippen molar-refractivity contribution in [3.8, 4) is 11.3 Å². The highest BCUT2D eigenvalue weighted by Crippen LogP contribution is 2.32. The molecule has 0 aliphatic rings. The summed E-state index contributed by atoms with van der Waals surface area (Å²) in [7, 11) is 0. The monoisotopic (exact) mass is 341 g/mol. The van der Waals surface area contributed by atoms with Crippen molar-refractivity contribution in [3.05, 3.63) is 65.0 Å². The first-order valence-corrected chi connectivity index (χ1v) is 8.46. The Morgan fingerprint density at radius 1 is 1.25 bits per heavy atom. The number of thiazole rings is 1. The Morgan fingerprint density at radius 2 is 2.04 bits per heavy atom. The lowest BCUT2D eigenvalue weighted by molar-refractivity contribution is 0.102. The standard InChI is InChI=1S/C18H16FN3OS/c1-2-4-15-16(12-6-8-14(19)9-7-12)21-18(24-15)22-17(23)13-5-3-10-20-11-13/h3,5-11H,2,4H2,1H3,(H,21,22,23). The maximum atomic E-state index is 13.1. The first kappa shape index (κ1) is 16.3. The normalized spacial score (nSPS) is 10.6. The summed E-state index contributed by atoms with van der Waals surface area (Å²) < 4.78 is 13.1. The molecule has 0 fully saturated rings. The van der Waals surface area contributed by atoms with Gasteiger partial charge in [-0.25, -0.2) is 9.37 Å². The average molecular weight is 341 g/mol. The molecule has 0 aliphatic heterocycles. The molecule has 0 saturated heterocycles. The van der Waals surface area contributed by atoms with Crippen molar-refractivity contribution in [2.45, 2.75) is 19.8 Å². The van der Waals surface area contributed by atoms with E-state index in [9.17, 15) is 9.18 Å². The molecule has 3 aromatic rings. The molecule has 24 heavy (non-hydrogen) atoms. The van der Waals surface area contributed by atoms with E-state index in [2.05, 4.69) is 22.2 Å². The Balaban J connectivity index is 1.88. The van der Waals surface area contributed by atoms with Crippen LogP contribution in [0.3, 0.4) is 0 Å². The minimum absolute atomic E-state index is 0.245. The van der Waals surface area contributed by atoms with Gasteiger partial charge in [-0.3, -0.25) is 15.1 Å². The summed E-state index contributed by atoms with van der Waals surface area (Å²) >= 11 is 1.45. The number of rotatable bonds is 5. The van der Waals surface area contributed by atoms with Crippen LogP contribution < -0.4 is 5.32 Å². The van der Waals surface area contributed by atoms with E-state index in [4.69, 9.17) is 0 Å². The van der Waals surface area contributed by atoms with Gasteiger partial charge in [0.15, 0.2) is 5.13 Å². The maximum Gasteiger partial charge on any atom is 0.259 e. The number of hydrogen-bond acceptors (Lipinski definition) is 4. The second kappa shape index (κ2) is 7.31. The van der Waals surface area contributed by atoms with E-state index >= 15 is 0 Å². The van der Waals surface area contributed by atoms with E-state index < -0.39 is 0 Å². The molecule has 1 aromatic carbocycles. The first-order valence-electron chi connectivity index (χ1n) is 7.64. The molecule has 0 radical (unpaired) electrons. The van der Waals surface area contributed by atoms with Gasteiger partial charge in [-0.2, -0.15) is 0 Å². The van der Waals surface area contributed by atoms with E-state index in [0.717, 1.165) is 29.0 Å². The number of pyridine rings is 1. The molecule has 0 spiro atoms. The third kappa shape index (κ3) is 3.65. The number of anilines is 1. The largest absolute Gasteiger partial charge is 0.298 e. The van der Waals surface area contributed by atoms with Crippen LogP contribution in [0.1, 0.15) is 28.6 Å². The molecule has 6 heteroatoms. The average Bonchev–Trinajstić information content (AvgIpc) is 2.99. The molecule has 0 atom stereocenters. The van der Waals surface area contributed by atoms with Crippen LogP contribution >= 0.6 is 11.3 Å². The molecule has 0 aliphatic carbocycles. The van der Waals surface area contributed by atoms with Gasteiger partial charge in [0.2, 0.25) is 0 Å². The van der Waals surface area contributed by atoms with Crippen molar-refractivity contribution in [2.75, 3.05) is 5.32 Å². The Hall–Kier alpha value is -2.60. The Kier molecular flexibility index (Phi) is 4.96. The van der Waals surface area contributed by atoms with Gasteiger partial charge in [0, 0.05) is 22.8 Å². The Morgan fingerprint density at radius 3 is 2.71 bits per heavy atom. The predicted molar refractivity (Wildman–Crippen MR) is 93.7 cm³/mol. The van der Waals surface area contributed by atoms with Crippen molar-refractivity contribution < 1.29 is 9.18 Å². The van der Waals surface area contributed by atoms with E-state index in [1.807, 2.05) is 0 Å². The van der Waals surface area contributed by atoms with Gasteiger partial charge >= 0.3 is 0 Å². The van der Waals surface area contributed by atoms with Crippen LogP contribution in [0.2, 0.25) is 0 Å². The first-order chi connectivity index (χ1) is 11.7. The van der Waals surface area contributed by atoms with E-state index in [1.165, 1.54) is 29.7 Å². The number of nitrogens with one attached hydrogen (secondary N) is 1. The fraction of sp³-hybridized carbons (Fsp3) is 0.167. The number of carbonyl (C=O) groups is 1. The van der Waals surface area contributed by atoms with Crippen molar-refractivity contribution in [3.63, 3.8) is 0 Å². The molecular formula is C18H16FN3OS. The van der Waals surface area contributed by atoms with Gasteiger partial charge in [0.05, 0.1) is 11.3 Å². The molecule has 2 aromatic heterocycles. The van der Waals surface area contributed by atoms with Crippen molar-refractivity contribution >= 4 is 22.4 Å². The topological polar surface area (TPSA) is 54.9 Å². The second-order valence-corrected chi connectivity index (χ2v) is 6.33. The number of aryl methyl sites for hydroxylation is 1. The molecule has 122 valence electrons. The van der Waals surface area contributed by atoms with Gasteiger partial charge in [-0.1, -0.05) is 13.3 Å². The number of amides is 1. The van der Waals surface area contributed by atoms with Crippen LogP contribution in [0.5, 0.6) is 0 Å². The maximum absolute atomic E-state index is 13.1. The van der Waals surface area contributed by atoms with Crippen LogP contribution in [0, 0.1) is 5.82 Å². The number of carbonyl (C=O) groups excluding carboxylic acids is 1. The van der Waals surface area contributed by atoms with Crippen LogP contribution in [0.25, 0.3) is 11.3 Å². The second-order valence-electron chi connectivity index (χ2n) is 5.24. The zero-order valence-electron chi connectivity index (χ0n) is 13.1. The number of aromatic nitrogens is 2. The smallest absolute Gasteiger partial charge is 0.259 e. The Bertz CT molecular complexity index is 831. The molecule has 0 bridgehead atoms. The zero-order valence-corrected chi connectivity index (χ0v) is 13.9. The van der Waals surface area contributed by atoms with Crippen LogP contribution in [-0.4, -0.2) is 15.9 Å². The fourth-order valence-electron chi connectivity index (χ4n) is 2.30. The zero-order chi connectivity index (χ0) is 16.9. The highest BCUT2D eigenvalue weighted by Gasteiger charge is 2.15. The van der Waals surface area contributed by atoms with Crippen LogP contribution in [0.15, 0.2) is 48.8 Å². The molecule has 4 nitrogen and oxygen atoms in total. The minimum Gasteiger partial charge on any atom is -0.298 e. The molecular weight excluding hydrogens is 325 g/mol. The summed E-state index contributed by atoms with van der Waals surface area (Å²) in [6, 6.07) is 9.65. The lowest BCUT2D eigenvalue weighted by Gasteiger charge is -2.01. The molecule has 2 heterocycles. The molecule has 1 N–H and O–H groups in total. The lowest BCUT2D eigenvalue weighted by atomic mass is 10.1. The lowest BCUT2D eigenvalue weighted by Crippen LogP contribution is -2.11. The third-order valence-corrected chi connectivity index (χ3v) is 4.47. The number of nitrogens with zero attached hydrogens (tertiary/aromatic N) is 2. The van der Waals surface area contributed by atoms with E-state index in [1.54, 1.807) is 30.5 Å². The van der Waals surface area contributed by atoms with E-state index in [0.29, 0.717) is 10.7 Å². The summed E-state index contributed by atoms with van der Waals surface area (Å²) in [5.41, 5.74) is 2.12. The highest BCUT2D eigenvalue weighted by molar-refractivity contribution is 7.16. The minimum atomic E-state index is -0.281. The van der Waals surface area contributed by atoms with Crippen molar-refractivity contribution in [1.29, 1.82) is 0 Å². The van der Waals surface area contributed by atoms with Gasteiger partial charge in [-0.05, 0) is 42.8 Å². The summed E-state index contributed by atoms with van der Waals surface area (Å²) in [5, 5.41) is 3.35. The molecule has 0 saturated carbocycles. The summed E-state index contributed by atoms with van der Waals surface area (Å²) in [6.45, 7) is 2.09. The quantitative estimate of drug-likeness (QED) is 0.741. The van der Waals surface area contributed by atoms with Crippen molar-refractivity contribution in [1.82, 2.24) is 9.97 Å². The number of halogens is 1. The van der Waals surface area contributed by atoms with E-state index in [-0.39, 0.29) is 11.7 Å². The summed E-state index contributed by atoms with van der Waals surface area (Å²) in [6.07, 6.45) is 4.95. The third-order valence-electron chi connectivity index (χ3n) is 3.44. The fourth-order valence-corrected chi connectivity index (χ4v) is 3.38. The number of hydrogen-bond donors (Lipinski definition) is 1. The highest BCUT2D eigenvalue weighted by atomic mass is 32.1. The Labute approximate surface area is 143 Å². The van der Waals surface area contributed by atoms with Gasteiger partial charge in [-0.15, -0.1) is 11.3 Å². The van der Waals surface area contributed by atoms with Gasteiger partial charge in [0.25, 0.3) is 5.91 Å². The number of benzene rings is 1. The SMILES string of the molecule is CCCc1sc(NC(=O)c2cccnc2)nc1-c1ccc(F)cc1. The molecule has 1 amide bonds. The molecule has 0 unspecified atom stereocenters. The predicted octanol–water partition coefficient (Wildman–Crippen LogP) is 4.55. The van der Waals surface area contributed by atoms with Crippen molar-refractivity contribution in [2.24, 2.45) is 0 Å². The van der Waals surface area contributed by atoms with Crippen LogP contribution in [-0.2, 0) is 6.42 Å².